The lowest BCUT2D eigenvalue weighted by Gasteiger charge is -2.16. The van der Waals surface area contributed by atoms with Gasteiger partial charge >= 0.3 is 0 Å². The monoisotopic (exact) mass is 246 g/mol. The number of benzene rings is 1. The number of nitrogens with one attached hydrogen (secondary N) is 1. The van der Waals surface area contributed by atoms with E-state index in [-0.39, 0.29) is 5.91 Å². The molecule has 3 N–H and O–H groups in total. The van der Waals surface area contributed by atoms with Gasteiger partial charge in [0.1, 0.15) is 0 Å². The van der Waals surface area contributed by atoms with Gasteiger partial charge in [0.25, 0.3) is 0 Å². The highest BCUT2D eigenvalue weighted by Crippen LogP contribution is 2.17. The Morgan fingerprint density at radius 1 is 1.22 bits per heavy atom. The summed E-state index contributed by atoms with van der Waals surface area (Å²) in [5.74, 6) is 0.118. The first-order valence-electron chi connectivity index (χ1n) is 6.88. The lowest BCUT2D eigenvalue weighted by Crippen LogP contribution is -2.35. The first-order valence-corrected chi connectivity index (χ1v) is 6.88. The molecule has 3 heteroatoms. The highest BCUT2D eigenvalue weighted by Gasteiger charge is 2.14. The van der Waals surface area contributed by atoms with Gasteiger partial charge in [-0.3, -0.25) is 4.79 Å². The van der Waals surface area contributed by atoms with Gasteiger partial charge in [0.2, 0.25) is 5.91 Å². The third-order valence-electron chi connectivity index (χ3n) is 3.54. The van der Waals surface area contributed by atoms with Crippen molar-refractivity contribution in [2.45, 2.75) is 51.0 Å². The van der Waals surface area contributed by atoms with E-state index in [0.29, 0.717) is 12.5 Å². The number of carbonyl (C=O) groups is 1. The summed E-state index contributed by atoms with van der Waals surface area (Å²) in [5, 5.41) is 3.15. The van der Waals surface area contributed by atoms with Gasteiger partial charge in [0.05, 0.1) is 6.42 Å². The maximum atomic E-state index is 12.0. The Morgan fingerprint density at radius 2 is 1.94 bits per heavy atom. The van der Waals surface area contributed by atoms with Crippen LogP contribution in [0.25, 0.3) is 0 Å². The van der Waals surface area contributed by atoms with Crippen molar-refractivity contribution in [3.63, 3.8) is 0 Å². The van der Waals surface area contributed by atoms with Crippen LogP contribution in [0.4, 0.5) is 5.69 Å². The van der Waals surface area contributed by atoms with Crippen molar-refractivity contribution in [1.82, 2.24) is 5.32 Å². The third-order valence-corrected chi connectivity index (χ3v) is 3.54. The number of nitrogens with two attached hydrogens (primary N) is 1. The summed E-state index contributed by atoms with van der Waals surface area (Å²) >= 11 is 0. The molecule has 1 aliphatic carbocycles. The zero-order valence-corrected chi connectivity index (χ0v) is 10.8. The maximum Gasteiger partial charge on any atom is 0.224 e. The van der Waals surface area contributed by atoms with Gasteiger partial charge in [-0.2, -0.15) is 0 Å². The van der Waals surface area contributed by atoms with E-state index in [9.17, 15) is 4.79 Å². The van der Waals surface area contributed by atoms with Crippen LogP contribution in [0.2, 0.25) is 0 Å². The Bertz CT molecular complexity index is 395. The molecule has 98 valence electrons. The van der Waals surface area contributed by atoms with Gasteiger partial charge in [0.15, 0.2) is 0 Å². The molecule has 0 heterocycles. The molecule has 1 saturated carbocycles. The maximum absolute atomic E-state index is 12.0. The molecule has 1 aromatic carbocycles. The number of rotatable bonds is 3. The number of nitrogen functional groups attached to an aromatic ring is 1. The van der Waals surface area contributed by atoms with Gasteiger partial charge < -0.3 is 11.1 Å². The number of carbonyl (C=O) groups excluding carboxylic acids is 1. The molecule has 3 nitrogen and oxygen atoms in total. The summed E-state index contributed by atoms with van der Waals surface area (Å²) in [6.07, 6.45) is 7.78. The zero-order valence-electron chi connectivity index (χ0n) is 10.8. The Balaban J connectivity index is 1.84. The average Bonchev–Trinajstić information content (AvgIpc) is 2.57. The second kappa shape index (κ2) is 6.43. The third kappa shape index (κ3) is 4.06. The number of anilines is 1. The largest absolute Gasteiger partial charge is 0.399 e. The molecule has 0 saturated heterocycles. The molecule has 1 amide bonds. The SMILES string of the molecule is Nc1cccc(CC(=O)NC2CCCCCC2)c1. The van der Waals surface area contributed by atoms with Crippen molar-refractivity contribution < 1.29 is 4.79 Å². The van der Waals surface area contributed by atoms with E-state index in [2.05, 4.69) is 5.32 Å². The molecule has 0 atom stereocenters. The zero-order chi connectivity index (χ0) is 12.8. The summed E-state index contributed by atoms with van der Waals surface area (Å²) in [6, 6.07) is 7.92. The van der Waals surface area contributed by atoms with Crippen molar-refractivity contribution in [3.05, 3.63) is 29.8 Å². The van der Waals surface area contributed by atoms with E-state index in [0.717, 1.165) is 24.1 Å². The second-order valence-electron chi connectivity index (χ2n) is 5.18. The van der Waals surface area contributed by atoms with Crippen LogP contribution in [0, 0.1) is 0 Å². The van der Waals surface area contributed by atoms with Crippen LogP contribution in [0.1, 0.15) is 44.1 Å². The van der Waals surface area contributed by atoms with Crippen LogP contribution < -0.4 is 11.1 Å². The number of hydrogen-bond donors (Lipinski definition) is 2. The molecule has 18 heavy (non-hydrogen) atoms. The molecule has 1 aliphatic rings. The van der Waals surface area contributed by atoms with E-state index < -0.39 is 0 Å². The molecule has 2 rings (SSSR count). The molecule has 1 fully saturated rings. The predicted molar refractivity (Wildman–Crippen MR) is 74.2 cm³/mol. The normalized spacial score (nSPS) is 17.1. The fraction of sp³-hybridized carbons (Fsp3) is 0.533. The van der Waals surface area contributed by atoms with Crippen molar-refractivity contribution in [2.24, 2.45) is 0 Å². The van der Waals surface area contributed by atoms with Crippen molar-refractivity contribution >= 4 is 11.6 Å². The molecule has 0 radical (unpaired) electrons. The van der Waals surface area contributed by atoms with E-state index in [1.807, 2.05) is 24.3 Å². The Morgan fingerprint density at radius 3 is 2.61 bits per heavy atom. The molecule has 0 aliphatic heterocycles. The smallest absolute Gasteiger partial charge is 0.224 e. The van der Waals surface area contributed by atoms with Crippen molar-refractivity contribution in [1.29, 1.82) is 0 Å². The van der Waals surface area contributed by atoms with Crippen molar-refractivity contribution in [3.8, 4) is 0 Å². The van der Waals surface area contributed by atoms with Crippen LogP contribution in [0.3, 0.4) is 0 Å². The van der Waals surface area contributed by atoms with Crippen LogP contribution >= 0.6 is 0 Å². The van der Waals surface area contributed by atoms with Gasteiger partial charge in [-0.25, -0.2) is 0 Å². The summed E-state index contributed by atoms with van der Waals surface area (Å²) in [5.41, 5.74) is 7.41. The highest BCUT2D eigenvalue weighted by atomic mass is 16.1. The molecular weight excluding hydrogens is 224 g/mol. The average molecular weight is 246 g/mol. The van der Waals surface area contributed by atoms with E-state index in [4.69, 9.17) is 5.73 Å². The molecule has 0 spiro atoms. The molecule has 0 aromatic heterocycles. The first kappa shape index (κ1) is 12.9. The summed E-state index contributed by atoms with van der Waals surface area (Å²) in [4.78, 5) is 12.0. The van der Waals surface area contributed by atoms with Gasteiger partial charge in [-0.05, 0) is 30.5 Å². The Kier molecular flexibility index (Phi) is 4.62. The van der Waals surface area contributed by atoms with Crippen LogP contribution in [0.15, 0.2) is 24.3 Å². The predicted octanol–water partition coefficient (Wildman–Crippen LogP) is 2.65. The van der Waals surface area contributed by atoms with Crippen LogP contribution in [0.5, 0.6) is 0 Å². The van der Waals surface area contributed by atoms with Crippen LogP contribution in [-0.2, 0) is 11.2 Å². The molecule has 1 aromatic rings. The minimum atomic E-state index is 0.118. The minimum absolute atomic E-state index is 0.118. The Hall–Kier alpha value is -1.51. The van der Waals surface area contributed by atoms with Gasteiger partial charge in [0, 0.05) is 11.7 Å². The van der Waals surface area contributed by atoms with Gasteiger partial charge in [-0.1, -0.05) is 37.8 Å². The Labute approximate surface area is 109 Å². The van der Waals surface area contributed by atoms with E-state index >= 15 is 0 Å². The lowest BCUT2D eigenvalue weighted by molar-refractivity contribution is -0.121. The number of hydrogen-bond acceptors (Lipinski definition) is 2. The van der Waals surface area contributed by atoms with E-state index in [1.165, 1.54) is 25.7 Å². The topological polar surface area (TPSA) is 55.1 Å². The molecular formula is C15H22N2O. The van der Waals surface area contributed by atoms with E-state index in [1.54, 1.807) is 0 Å². The standard InChI is InChI=1S/C15H22N2O/c16-13-7-5-6-12(10-13)11-15(18)17-14-8-3-1-2-4-9-14/h5-7,10,14H,1-4,8-9,11,16H2,(H,17,18). The molecule has 0 bridgehead atoms. The van der Waals surface area contributed by atoms with Gasteiger partial charge in [-0.15, -0.1) is 0 Å². The highest BCUT2D eigenvalue weighted by molar-refractivity contribution is 5.79. The fourth-order valence-electron chi connectivity index (χ4n) is 2.59. The van der Waals surface area contributed by atoms with Crippen LogP contribution in [-0.4, -0.2) is 11.9 Å². The minimum Gasteiger partial charge on any atom is -0.399 e. The number of amides is 1. The molecule has 0 unspecified atom stereocenters. The summed E-state index contributed by atoms with van der Waals surface area (Å²) < 4.78 is 0. The van der Waals surface area contributed by atoms with Crippen molar-refractivity contribution in [2.75, 3.05) is 5.73 Å². The fourth-order valence-corrected chi connectivity index (χ4v) is 2.59. The summed E-state index contributed by atoms with van der Waals surface area (Å²) in [6.45, 7) is 0. The lowest BCUT2D eigenvalue weighted by atomic mass is 10.1. The summed E-state index contributed by atoms with van der Waals surface area (Å²) in [7, 11) is 0. The quantitative estimate of drug-likeness (QED) is 0.636. The first-order chi connectivity index (χ1) is 8.74. The second-order valence-corrected chi connectivity index (χ2v) is 5.18.